The second-order valence-electron chi connectivity index (χ2n) is 5.06. The lowest BCUT2D eigenvalue weighted by atomic mass is 10.1. The largest absolute Gasteiger partial charge is 0.497 e. The summed E-state index contributed by atoms with van der Waals surface area (Å²) in [5.41, 5.74) is 0. The maximum absolute atomic E-state index is 12.6. The third-order valence-corrected chi connectivity index (χ3v) is 4.84. The smallest absolute Gasteiger partial charge is 0.343 e. The monoisotopic (exact) mass is 344 g/mol. The highest BCUT2D eigenvalue weighted by Crippen LogP contribution is 2.31. The van der Waals surface area contributed by atoms with Crippen molar-refractivity contribution in [2.24, 2.45) is 0 Å². The van der Waals surface area contributed by atoms with Crippen LogP contribution in [0.15, 0.2) is 65.6 Å². The van der Waals surface area contributed by atoms with E-state index in [2.05, 4.69) is 0 Å². The molecule has 0 aliphatic heterocycles. The topological polar surface area (TPSA) is 61.8 Å². The number of hydrogen-bond acceptors (Lipinski definition) is 5. The summed E-state index contributed by atoms with van der Waals surface area (Å²) in [6.45, 7) is 0. The van der Waals surface area contributed by atoms with Crippen LogP contribution >= 0.6 is 0 Å². The molecule has 0 N–H and O–H groups in total. The molecule has 0 amide bonds. The summed E-state index contributed by atoms with van der Waals surface area (Å²) in [5.74, 6) is 0.826. The van der Waals surface area contributed by atoms with E-state index < -0.39 is 10.1 Å². The van der Waals surface area contributed by atoms with Crippen LogP contribution in [-0.4, -0.2) is 22.6 Å². The summed E-state index contributed by atoms with van der Waals surface area (Å²) in [4.78, 5) is -0.0856. The van der Waals surface area contributed by atoms with Crippen LogP contribution in [0.3, 0.4) is 0 Å². The van der Waals surface area contributed by atoms with Crippen molar-refractivity contribution in [3.8, 4) is 17.2 Å². The molecule has 0 spiro atoms. The predicted octanol–water partition coefficient (Wildman–Crippen LogP) is 3.62. The molecule has 3 aromatic carbocycles. The van der Waals surface area contributed by atoms with Crippen molar-refractivity contribution in [2.45, 2.75) is 4.90 Å². The van der Waals surface area contributed by atoms with Crippen LogP contribution in [0.1, 0.15) is 0 Å². The van der Waals surface area contributed by atoms with Gasteiger partial charge in [0, 0.05) is 6.07 Å². The molecule has 0 aromatic heterocycles. The van der Waals surface area contributed by atoms with Gasteiger partial charge < -0.3 is 13.7 Å². The fourth-order valence-corrected chi connectivity index (χ4v) is 3.48. The first-order chi connectivity index (χ1) is 11.5. The van der Waals surface area contributed by atoms with E-state index in [9.17, 15) is 8.42 Å². The molecule has 0 radical (unpaired) electrons. The van der Waals surface area contributed by atoms with E-state index in [0.717, 1.165) is 10.8 Å². The third kappa shape index (κ3) is 3.14. The minimum absolute atomic E-state index is 0.0856. The van der Waals surface area contributed by atoms with Crippen molar-refractivity contribution >= 4 is 20.9 Å². The van der Waals surface area contributed by atoms with Gasteiger partial charge >= 0.3 is 10.1 Å². The van der Waals surface area contributed by atoms with E-state index in [1.807, 2.05) is 30.3 Å². The first kappa shape index (κ1) is 16.1. The quantitative estimate of drug-likeness (QED) is 0.662. The highest BCUT2D eigenvalue weighted by Gasteiger charge is 2.23. The Labute approximate surface area is 140 Å². The van der Waals surface area contributed by atoms with Crippen LogP contribution < -0.4 is 13.7 Å². The van der Waals surface area contributed by atoms with Crippen LogP contribution in [0.2, 0.25) is 0 Å². The van der Waals surface area contributed by atoms with E-state index in [0.29, 0.717) is 5.75 Å². The van der Waals surface area contributed by atoms with Crippen LogP contribution in [0.4, 0.5) is 0 Å². The Hall–Kier alpha value is -2.73. The fraction of sp³-hybridized carbons (Fsp3) is 0.111. The minimum atomic E-state index is -4.06. The molecule has 0 saturated heterocycles. The Morgan fingerprint density at radius 1 is 0.750 bits per heavy atom. The molecule has 0 fully saturated rings. The van der Waals surface area contributed by atoms with Gasteiger partial charge in [-0.15, -0.1) is 0 Å². The number of methoxy groups -OCH3 is 2. The maximum atomic E-state index is 12.6. The molecule has 0 atom stereocenters. The maximum Gasteiger partial charge on any atom is 0.343 e. The van der Waals surface area contributed by atoms with Crippen molar-refractivity contribution in [2.75, 3.05) is 14.2 Å². The zero-order chi connectivity index (χ0) is 17.2. The molecular weight excluding hydrogens is 328 g/mol. The SMILES string of the molecule is COc1ccc(OC)c(S(=O)(=O)Oc2ccc3ccccc3c2)c1. The second-order valence-corrected chi connectivity index (χ2v) is 6.58. The number of ether oxygens (including phenoxy) is 2. The summed E-state index contributed by atoms with van der Waals surface area (Å²) in [6, 6.07) is 17.2. The average Bonchev–Trinajstić information content (AvgIpc) is 2.60. The van der Waals surface area contributed by atoms with Gasteiger partial charge in [0.25, 0.3) is 0 Å². The molecule has 24 heavy (non-hydrogen) atoms. The molecule has 0 bridgehead atoms. The van der Waals surface area contributed by atoms with Gasteiger partial charge in [-0.1, -0.05) is 30.3 Å². The second kappa shape index (κ2) is 6.41. The highest BCUT2D eigenvalue weighted by atomic mass is 32.2. The lowest BCUT2D eigenvalue weighted by Gasteiger charge is -2.12. The molecule has 124 valence electrons. The van der Waals surface area contributed by atoms with Crippen LogP contribution in [0, 0.1) is 0 Å². The van der Waals surface area contributed by atoms with Gasteiger partial charge in [-0.3, -0.25) is 0 Å². The zero-order valence-corrected chi connectivity index (χ0v) is 14.0. The molecule has 0 heterocycles. The zero-order valence-electron chi connectivity index (χ0n) is 13.2. The Kier molecular flexibility index (Phi) is 4.31. The Morgan fingerprint density at radius 2 is 1.46 bits per heavy atom. The molecule has 0 aliphatic carbocycles. The normalized spacial score (nSPS) is 11.2. The standard InChI is InChI=1S/C18H16O5S/c1-21-15-9-10-17(22-2)18(12-15)24(19,20)23-16-8-7-13-5-3-4-6-14(13)11-16/h3-12H,1-2H3. The summed E-state index contributed by atoms with van der Waals surface area (Å²) in [7, 11) is -1.20. The Balaban J connectivity index is 2.01. The molecule has 0 aliphatic rings. The molecule has 0 saturated carbocycles. The van der Waals surface area contributed by atoms with Gasteiger partial charge in [-0.2, -0.15) is 8.42 Å². The summed E-state index contributed by atoms with van der Waals surface area (Å²) in [6.07, 6.45) is 0. The molecule has 3 aromatic rings. The van der Waals surface area contributed by atoms with Crippen molar-refractivity contribution in [3.63, 3.8) is 0 Å². The van der Waals surface area contributed by atoms with Crippen LogP contribution in [0.5, 0.6) is 17.2 Å². The van der Waals surface area contributed by atoms with Crippen molar-refractivity contribution in [1.29, 1.82) is 0 Å². The van der Waals surface area contributed by atoms with Crippen molar-refractivity contribution in [1.82, 2.24) is 0 Å². The van der Waals surface area contributed by atoms with Crippen LogP contribution in [0.25, 0.3) is 10.8 Å². The van der Waals surface area contributed by atoms with E-state index in [1.54, 1.807) is 18.2 Å². The van der Waals surface area contributed by atoms with Gasteiger partial charge in [0.1, 0.15) is 17.2 Å². The summed E-state index contributed by atoms with van der Waals surface area (Å²) < 4.78 is 40.7. The van der Waals surface area contributed by atoms with Crippen molar-refractivity contribution in [3.05, 3.63) is 60.7 Å². The predicted molar refractivity (Wildman–Crippen MR) is 91.3 cm³/mol. The molecule has 5 nitrogen and oxygen atoms in total. The highest BCUT2D eigenvalue weighted by molar-refractivity contribution is 7.87. The Bertz CT molecular complexity index is 980. The van der Waals surface area contributed by atoms with Crippen molar-refractivity contribution < 1.29 is 22.1 Å². The van der Waals surface area contributed by atoms with Gasteiger partial charge in [-0.05, 0) is 35.0 Å². The molecule has 0 unspecified atom stereocenters. The van der Waals surface area contributed by atoms with E-state index in [-0.39, 0.29) is 16.4 Å². The van der Waals surface area contributed by atoms with Crippen LogP contribution in [-0.2, 0) is 10.1 Å². The Morgan fingerprint density at radius 3 is 2.17 bits per heavy atom. The third-order valence-electron chi connectivity index (χ3n) is 3.57. The lowest BCUT2D eigenvalue weighted by molar-refractivity contribution is 0.388. The van der Waals surface area contributed by atoms with Gasteiger partial charge in [-0.25, -0.2) is 0 Å². The molecule has 6 heteroatoms. The number of fused-ring (bicyclic) bond motifs is 1. The van der Waals surface area contributed by atoms with E-state index in [1.165, 1.54) is 26.4 Å². The number of hydrogen-bond donors (Lipinski definition) is 0. The summed E-state index contributed by atoms with van der Waals surface area (Å²) >= 11 is 0. The summed E-state index contributed by atoms with van der Waals surface area (Å²) in [5, 5.41) is 1.89. The fourth-order valence-electron chi connectivity index (χ4n) is 2.37. The van der Waals surface area contributed by atoms with Gasteiger partial charge in [0.2, 0.25) is 0 Å². The number of rotatable bonds is 5. The van der Waals surface area contributed by atoms with Gasteiger partial charge in [0.15, 0.2) is 4.90 Å². The molecule has 3 rings (SSSR count). The lowest BCUT2D eigenvalue weighted by Crippen LogP contribution is -2.11. The first-order valence-corrected chi connectivity index (χ1v) is 8.59. The first-order valence-electron chi connectivity index (χ1n) is 7.19. The molecular formula is C18H16O5S. The van der Waals surface area contributed by atoms with E-state index >= 15 is 0 Å². The minimum Gasteiger partial charge on any atom is -0.497 e. The number of benzene rings is 3. The average molecular weight is 344 g/mol. The van der Waals surface area contributed by atoms with E-state index in [4.69, 9.17) is 13.7 Å². The van der Waals surface area contributed by atoms with Gasteiger partial charge in [0.05, 0.1) is 14.2 Å².